The van der Waals surface area contributed by atoms with Gasteiger partial charge in [0.1, 0.15) is 17.1 Å². The van der Waals surface area contributed by atoms with Crippen LogP contribution in [0, 0.1) is 0 Å². The molecule has 0 radical (unpaired) electrons. The molecule has 9 nitrogen and oxygen atoms in total. The van der Waals surface area contributed by atoms with Crippen LogP contribution in [0.1, 0.15) is 18.4 Å². The number of benzene rings is 1. The van der Waals surface area contributed by atoms with E-state index in [-0.39, 0.29) is 11.5 Å². The summed E-state index contributed by atoms with van der Waals surface area (Å²) in [7, 11) is 0. The van der Waals surface area contributed by atoms with E-state index in [1.54, 1.807) is 0 Å². The summed E-state index contributed by atoms with van der Waals surface area (Å²) in [6.07, 6.45) is -0.635. The number of carbonyl (C=O) groups excluding carboxylic acids is 1. The first-order valence-corrected chi connectivity index (χ1v) is 9.05. The summed E-state index contributed by atoms with van der Waals surface area (Å²) < 4.78 is 5.04. The van der Waals surface area contributed by atoms with Crippen LogP contribution in [0.2, 0.25) is 0 Å². The minimum Gasteiger partial charge on any atom is -0.504 e. The number of ether oxygens (including phenoxy) is 1. The molecule has 1 aliphatic carbocycles. The van der Waals surface area contributed by atoms with Crippen molar-refractivity contribution in [3.63, 3.8) is 0 Å². The second-order valence-electron chi connectivity index (χ2n) is 6.27. The quantitative estimate of drug-likeness (QED) is 0.172. The Kier molecular flexibility index (Phi) is 6.05. The zero-order valence-corrected chi connectivity index (χ0v) is 15.1. The molecule has 6 N–H and O–H groups in total. The maximum atomic E-state index is 12.0. The Labute approximate surface area is 158 Å². The fourth-order valence-corrected chi connectivity index (χ4v) is 3.57. The summed E-state index contributed by atoms with van der Waals surface area (Å²) in [5.74, 6) is -3.27. The number of hydrogen-bond donors (Lipinski definition) is 6. The van der Waals surface area contributed by atoms with Crippen LogP contribution >= 0.6 is 11.8 Å². The molecule has 1 aromatic carbocycles. The molecular formula is C17H20O9S. The van der Waals surface area contributed by atoms with Gasteiger partial charge in [-0.25, -0.2) is 9.59 Å². The number of phenols is 2. The van der Waals surface area contributed by atoms with Gasteiger partial charge in [-0.15, -0.1) is 11.8 Å². The van der Waals surface area contributed by atoms with Crippen LogP contribution in [0.3, 0.4) is 0 Å². The molecule has 0 aromatic heterocycles. The molecule has 0 amide bonds. The summed E-state index contributed by atoms with van der Waals surface area (Å²) in [5.41, 5.74) is -2.00. The monoisotopic (exact) mass is 400 g/mol. The molecule has 1 aliphatic rings. The average Bonchev–Trinajstić information content (AvgIpc) is 2.60. The minimum atomic E-state index is -2.37. The molecule has 1 saturated carbocycles. The summed E-state index contributed by atoms with van der Waals surface area (Å²) in [5, 5.41) is 58.8. The van der Waals surface area contributed by atoms with E-state index in [4.69, 9.17) is 4.74 Å². The van der Waals surface area contributed by atoms with E-state index in [1.807, 2.05) is 0 Å². The molecule has 0 aliphatic heterocycles. The zero-order valence-electron chi connectivity index (χ0n) is 14.3. The van der Waals surface area contributed by atoms with Crippen molar-refractivity contribution in [1.82, 2.24) is 0 Å². The van der Waals surface area contributed by atoms with Gasteiger partial charge in [-0.3, -0.25) is 0 Å². The third kappa shape index (κ3) is 4.53. The largest absolute Gasteiger partial charge is 0.504 e. The number of carboxylic acid groups (broad SMARTS) is 1. The molecular weight excluding hydrogens is 380 g/mol. The summed E-state index contributed by atoms with van der Waals surface area (Å²) >= 11 is 0.741. The number of rotatable bonds is 5. The number of aromatic hydroxyl groups is 2. The van der Waals surface area contributed by atoms with E-state index in [2.05, 4.69) is 0 Å². The molecule has 0 spiro atoms. The molecule has 148 valence electrons. The van der Waals surface area contributed by atoms with Crippen molar-refractivity contribution >= 4 is 29.8 Å². The van der Waals surface area contributed by atoms with Crippen LogP contribution in [-0.4, -0.2) is 71.6 Å². The van der Waals surface area contributed by atoms with Gasteiger partial charge in [0.25, 0.3) is 0 Å². The van der Waals surface area contributed by atoms with E-state index >= 15 is 0 Å². The standard InChI is InChI=1S/C17H20O9S/c1-27-17(25)8-16(24,15(22)23)7-12(14(17)21)26-13(20)5-3-9-2-4-10(18)11(19)6-9/h2-6,12,14,18-19,21,24-25H,7-8H2,1H3,(H,22,23)/b5-3+/t12-,14+,16-,17+/m1/s1. The Bertz CT molecular complexity index is 765. The van der Waals surface area contributed by atoms with Crippen molar-refractivity contribution in [2.75, 3.05) is 6.26 Å². The van der Waals surface area contributed by atoms with Gasteiger partial charge < -0.3 is 35.4 Å². The highest BCUT2D eigenvalue weighted by Gasteiger charge is 2.57. The third-order valence-corrected chi connectivity index (χ3v) is 5.42. The molecule has 4 atom stereocenters. The summed E-state index contributed by atoms with van der Waals surface area (Å²) in [4.78, 5) is 21.3. The van der Waals surface area contributed by atoms with Gasteiger partial charge in [0.15, 0.2) is 17.1 Å². The fourth-order valence-electron chi connectivity index (χ4n) is 2.79. The molecule has 0 heterocycles. The number of carbonyl (C=O) groups is 2. The van der Waals surface area contributed by atoms with Crippen molar-refractivity contribution < 1.29 is 45.0 Å². The lowest BCUT2D eigenvalue weighted by Gasteiger charge is -2.45. The highest BCUT2D eigenvalue weighted by Crippen LogP contribution is 2.43. The number of thioether (sulfide) groups is 1. The van der Waals surface area contributed by atoms with Gasteiger partial charge in [-0.1, -0.05) is 6.07 Å². The van der Waals surface area contributed by atoms with Crippen LogP contribution in [0.4, 0.5) is 0 Å². The molecule has 2 rings (SSSR count). The van der Waals surface area contributed by atoms with Gasteiger partial charge in [0, 0.05) is 18.9 Å². The van der Waals surface area contributed by atoms with Gasteiger partial charge >= 0.3 is 11.9 Å². The van der Waals surface area contributed by atoms with Crippen molar-refractivity contribution in [1.29, 1.82) is 0 Å². The van der Waals surface area contributed by atoms with E-state index < -0.39 is 47.5 Å². The topological polar surface area (TPSA) is 165 Å². The van der Waals surface area contributed by atoms with E-state index in [9.17, 15) is 40.2 Å². The Morgan fingerprint density at radius 3 is 2.48 bits per heavy atom. The van der Waals surface area contributed by atoms with Crippen LogP contribution in [0.5, 0.6) is 11.5 Å². The Morgan fingerprint density at radius 1 is 1.26 bits per heavy atom. The van der Waals surface area contributed by atoms with Crippen LogP contribution in [0.15, 0.2) is 24.3 Å². The number of aliphatic carboxylic acids is 1. The lowest BCUT2D eigenvalue weighted by atomic mass is 9.79. The zero-order chi connectivity index (χ0) is 20.4. The molecule has 0 bridgehead atoms. The second-order valence-corrected chi connectivity index (χ2v) is 7.38. The van der Waals surface area contributed by atoms with Gasteiger partial charge in [-0.05, 0) is 30.0 Å². The maximum absolute atomic E-state index is 12.0. The lowest BCUT2D eigenvalue weighted by Crippen LogP contribution is -2.62. The van der Waals surface area contributed by atoms with Crippen LogP contribution in [0.25, 0.3) is 6.08 Å². The Morgan fingerprint density at radius 2 is 1.93 bits per heavy atom. The van der Waals surface area contributed by atoms with Gasteiger partial charge in [-0.2, -0.15) is 0 Å². The lowest BCUT2D eigenvalue weighted by molar-refractivity contribution is -0.202. The number of esters is 1. The minimum absolute atomic E-state index is 0.329. The number of hydrogen-bond acceptors (Lipinski definition) is 9. The predicted octanol–water partition coefficient (Wildman–Crippen LogP) is 0.0448. The van der Waals surface area contributed by atoms with Crippen molar-refractivity contribution in [3.8, 4) is 11.5 Å². The van der Waals surface area contributed by atoms with E-state index in [0.717, 1.165) is 17.8 Å². The van der Waals surface area contributed by atoms with Gasteiger partial charge in [0.05, 0.1) is 0 Å². The second kappa shape index (κ2) is 7.77. The van der Waals surface area contributed by atoms with Crippen LogP contribution in [-0.2, 0) is 14.3 Å². The highest BCUT2D eigenvalue weighted by molar-refractivity contribution is 7.99. The normalized spacial score (nSPS) is 31.0. The maximum Gasteiger partial charge on any atom is 0.335 e. The molecule has 1 aromatic rings. The molecule has 0 unspecified atom stereocenters. The van der Waals surface area contributed by atoms with Crippen LogP contribution < -0.4 is 0 Å². The average molecular weight is 400 g/mol. The molecule has 1 fully saturated rings. The first-order valence-electron chi connectivity index (χ1n) is 7.83. The number of carboxylic acids is 1. The van der Waals surface area contributed by atoms with E-state index in [1.165, 1.54) is 30.5 Å². The number of aliphatic hydroxyl groups is 3. The van der Waals surface area contributed by atoms with E-state index in [0.29, 0.717) is 5.56 Å². The smallest absolute Gasteiger partial charge is 0.335 e. The summed E-state index contributed by atoms with van der Waals surface area (Å²) in [6.45, 7) is 0. The molecule has 0 saturated heterocycles. The number of phenolic OH excluding ortho intramolecular Hbond substituents is 2. The number of aliphatic hydroxyl groups excluding tert-OH is 1. The Balaban J connectivity index is 2.15. The predicted molar refractivity (Wildman–Crippen MR) is 95.0 cm³/mol. The Hall–Kier alpha value is -2.27. The van der Waals surface area contributed by atoms with Crippen molar-refractivity contribution in [2.24, 2.45) is 0 Å². The third-order valence-electron chi connectivity index (χ3n) is 4.33. The van der Waals surface area contributed by atoms with Gasteiger partial charge in [0.2, 0.25) is 0 Å². The highest BCUT2D eigenvalue weighted by atomic mass is 32.2. The SMILES string of the molecule is CS[C@@]1(O)C[C@@](O)(C(=O)O)C[C@@H](OC(=O)/C=C/c2ccc(O)c(O)c2)[C@@H]1O. The first-order chi connectivity index (χ1) is 12.5. The summed E-state index contributed by atoms with van der Waals surface area (Å²) in [6, 6.07) is 3.84. The van der Waals surface area contributed by atoms with Crippen molar-refractivity contribution in [3.05, 3.63) is 29.8 Å². The fraction of sp³-hybridized carbons (Fsp3) is 0.412. The molecule has 27 heavy (non-hydrogen) atoms. The first kappa shape index (κ1) is 21.0. The molecule has 10 heteroatoms. The van der Waals surface area contributed by atoms with Crippen molar-refractivity contribution in [2.45, 2.75) is 35.6 Å².